The normalized spacial score (nSPS) is 12.2. The molecule has 1 unspecified atom stereocenters. The Morgan fingerprint density at radius 3 is 2.33 bits per heavy atom. The van der Waals surface area contributed by atoms with Crippen molar-refractivity contribution in [1.29, 1.82) is 0 Å². The average molecular weight is 122 g/mol. The van der Waals surface area contributed by atoms with Crippen LogP contribution in [-0.4, -0.2) is 12.8 Å². The minimum absolute atomic E-state index is 0.878. The molecule has 0 aliphatic rings. The fourth-order valence-electron chi connectivity index (χ4n) is 0.199. The van der Waals surface area contributed by atoms with E-state index in [1.54, 1.807) is 6.66 Å². The van der Waals surface area contributed by atoms with E-state index in [-0.39, 0.29) is 0 Å². The van der Waals surface area contributed by atoms with Gasteiger partial charge in [-0.25, -0.2) is 0 Å². The first-order valence-corrected chi connectivity index (χ1v) is 5.35. The van der Waals surface area contributed by atoms with Crippen molar-refractivity contribution in [1.82, 2.24) is 0 Å². The Balaban J connectivity index is 3.14. The maximum Gasteiger partial charge on any atom is 0.114 e. The van der Waals surface area contributed by atoms with Crippen LogP contribution in [0.15, 0.2) is 0 Å². The smallest absolute Gasteiger partial charge is 0.114 e. The summed E-state index contributed by atoms with van der Waals surface area (Å²) in [5.41, 5.74) is 0. The van der Waals surface area contributed by atoms with E-state index in [0.29, 0.717) is 0 Å². The number of rotatable bonds is 1. The van der Waals surface area contributed by atoms with Gasteiger partial charge >= 0.3 is 0 Å². The van der Waals surface area contributed by atoms with Gasteiger partial charge in [-0.1, -0.05) is 6.92 Å². The molecule has 0 aliphatic heterocycles. The van der Waals surface area contributed by atoms with Gasteiger partial charge in [0.05, 0.1) is 14.1 Å². The lowest BCUT2D eigenvalue weighted by molar-refractivity contribution is -0.150. The molecule has 1 atom stereocenters. The molecule has 0 fully saturated rings. The van der Waals surface area contributed by atoms with Crippen LogP contribution in [0.4, 0.5) is 0 Å². The highest BCUT2D eigenvalue weighted by molar-refractivity contribution is 7.89. The molecule has 0 aromatic rings. The van der Waals surface area contributed by atoms with Crippen molar-refractivity contribution >= 4 is 15.3 Å². The van der Waals surface area contributed by atoms with Gasteiger partial charge in [0.25, 0.3) is 0 Å². The van der Waals surface area contributed by atoms with Crippen molar-refractivity contribution in [2.24, 2.45) is 0 Å². The Kier molecular flexibility index (Phi) is 4.09. The van der Waals surface area contributed by atoms with Gasteiger partial charge in [0, 0.05) is 6.16 Å². The molecule has 6 heavy (non-hydrogen) atoms. The van der Waals surface area contributed by atoms with Crippen LogP contribution in [0.5, 0.6) is 0 Å². The third-order valence-corrected chi connectivity index (χ3v) is 3.07. The summed E-state index contributed by atoms with van der Waals surface area (Å²) in [7, 11) is 0.210. The van der Waals surface area contributed by atoms with Crippen LogP contribution in [0.3, 0.4) is 0 Å². The van der Waals surface area contributed by atoms with E-state index in [2.05, 4.69) is 0 Å². The Hall–Kier alpha value is 0.560. The summed E-state index contributed by atoms with van der Waals surface area (Å²) in [4.78, 5) is 10.2. The highest BCUT2D eigenvalue weighted by atomic mass is 31.8. The van der Waals surface area contributed by atoms with Gasteiger partial charge in [0.15, 0.2) is 0 Å². The van der Waals surface area contributed by atoms with E-state index in [1.807, 2.05) is 6.92 Å². The minimum atomic E-state index is -0.878. The highest BCUT2D eigenvalue weighted by Crippen LogP contribution is 2.19. The van der Waals surface area contributed by atoms with E-state index < -0.39 is 7.44 Å². The van der Waals surface area contributed by atoms with E-state index in [9.17, 15) is 4.89 Å². The van der Waals surface area contributed by atoms with Crippen molar-refractivity contribution < 1.29 is 4.89 Å². The van der Waals surface area contributed by atoms with Gasteiger partial charge in [0.1, 0.15) is 7.87 Å². The fourth-order valence-corrected chi connectivity index (χ4v) is 1.79. The Bertz CT molecular complexity index is 55.8. The summed E-state index contributed by atoms with van der Waals surface area (Å²) in [6.07, 6.45) is 1.02. The molecule has 0 rings (SSSR count). The zero-order valence-corrected chi connectivity index (χ0v) is 5.80. The van der Waals surface area contributed by atoms with Crippen molar-refractivity contribution in [2.45, 2.75) is 6.92 Å². The quantitative estimate of drug-likeness (QED) is 0.480. The average Bonchev–Trinajstić information content (AvgIpc) is 1.35. The molecule has 1 nitrogen and oxygen atoms in total. The van der Waals surface area contributed by atoms with Crippen LogP contribution >= 0.6 is 15.3 Å². The summed E-state index contributed by atoms with van der Waals surface area (Å²) in [6, 6.07) is 0. The maximum atomic E-state index is 10.2. The van der Waals surface area contributed by atoms with E-state index in [4.69, 9.17) is 0 Å². The molecular weight excluding hydrogens is 114 g/mol. The summed E-state index contributed by atoms with van der Waals surface area (Å²) < 4.78 is 0. The van der Waals surface area contributed by atoms with Gasteiger partial charge in [0.2, 0.25) is 0 Å². The van der Waals surface area contributed by atoms with Gasteiger partial charge in [-0.2, -0.15) is 0 Å². The second kappa shape index (κ2) is 3.74. The molecule has 0 heterocycles. The highest BCUT2D eigenvalue weighted by Gasteiger charge is 1.75. The second-order valence-electron chi connectivity index (χ2n) is 0.922. The van der Waals surface area contributed by atoms with Crippen molar-refractivity contribution in [3.63, 3.8) is 0 Å². The minimum Gasteiger partial charge on any atom is -0.628 e. The SMILES string of the molecule is CCP=[P+](C)[O-]. The largest absolute Gasteiger partial charge is 0.628 e. The molecule has 0 saturated carbocycles. The monoisotopic (exact) mass is 122 g/mol. The molecule has 0 aliphatic carbocycles. The molecule has 0 N–H and O–H groups in total. The summed E-state index contributed by atoms with van der Waals surface area (Å²) in [5, 5.41) is 0. The van der Waals surface area contributed by atoms with E-state index >= 15 is 0 Å². The zero-order valence-electron chi connectivity index (χ0n) is 4.01. The standard InChI is InChI=1S/C3H8OP2/c1-3-5-6(2)4/h3H2,1-2H3. The Morgan fingerprint density at radius 2 is 2.33 bits per heavy atom. The second-order valence-corrected chi connectivity index (χ2v) is 5.30. The third-order valence-electron chi connectivity index (χ3n) is 0.341. The molecule has 0 aromatic heterocycles. The third kappa shape index (κ3) is 4.56. The van der Waals surface area contributed by atoms with Crippen LogP contribution < -0.4 is 4.89 Å². The predicted molar refractivity (Wildman–Crippen MR) is 30.3 cm³/mol. The van der Waals surface area contributed by atoms with Crippen LogP contribution in [-0.2, 0) is 0 Å². The lowest BCUT2D eigenvalue weighted by atomic mass is 11.0. The molecule has 0 bridgehead atoms. The van der Waals surface area contributed by atoms with Gasteiger partial charge in [-0.05, 0) is 0 Å². The predicted octanol–water partition coefficient (Wildman–Crippen LogP) is 1.25. The topological polar surface area (TPSA) is 23.1 Å². The molecule has 0 spiro atoms. The molecule has 0 radical (unpaired) electrons. The van der Waals surface area contributed by atoms with Gasteiger partial charge in [-0.15, -0.1) is 0 Å². The van der Waals surface area contributed by atoms with Crippen LogP contribution in [0.1, 0.15) is 6.92 Å². The Labute approximate surface area is 40.9 Å². The van der Waals surface area contributed by atoms with Crippen LogP contribution in [0.2, 0.25) is 0 Å². The Morgan fingerprint density at radius 1 is 1.83 bits per heavy atom. The number of hydrogen-bond donors (Lipinski definition) is 0. The summed E-state index contributed by atoms with van der Waals surface area (Å²) in [6.45, 7) is 3.78. The lowest BCUT2D eigenvalue weighted by Gasteiger charge is -1.78. The van der Waals surface area contributed by atoms with Crippen LogP contribution in [0.25, 0.3) is 0 Å². The van der Waals surface area contributed by atoms with E-state index in [1.165, 1.54) is 0 Å². The van der Waals surface area contributed by atoms with Crippen LogP contribution in [0, 0.1) is 0 Å². The first-order chi connectivity index (χ1) is 2.77. The fraction of sp³-hybridized carbons (Fsp3) is 1.00. The molecular formula is C3H8OP2. The lowest BCUT2D eigenvalue weighted by Crippen LogP contribution is -1.77. The first kappa shape index (κ1) is 6.56. The molecule has 3 heteroatoms. The number of hydrogen-bond acceptors (Lipinski definition) is 1. The van der Waals surface area contributed by atoms with Crippen molar-refractivity contribution in [3.05, 3.63) is 0 Å². The van der Waals surface area contributed by atoms with Gasteiger partial charge in [-0.3, -0.25) is 0 Å². The first-order valence-electron chi connectivity index (χ1n) is 1.85. The summed E-state index contributed by atoms with van der Waals surface area (Å²) >= 11 is 0. The van der Waals surface area contributed by atoms with E-state index in [0.717, 1.165) is 14.0 Å². The molecule has 0 saturated heterocycles. The zero-order chi connectivity index (χ0) is 4.99. The van der Waals surface area contributed by atoms with Crippen molar-refractivity contribution in [3.8, 4) is 0 Å². The van der Waals surface area contributed by atoms with Crippen molar-refractivity contribution in [2.75, 3.05) is 12.8 Å². The maximum absolute atomic E-state index is 10.2. The molecule has 0 amide bonds. The van der Waals surface area contributed by atoms with Gasteiger partial charge < -0.3 is 4.89 Å². The molecule has 36 valence electrons. The summed E-state index contributed by atoms with van der Waals surface area (Å²) in [5.74, 6) is 0. The molecule has 0 aromatic carbocycles.